The molecule has 8 nitrogen and oxygen atoms in total. The Hall–Kier alpha value is -2.29. The maximum atomic E-state index is 12.2. The quantitative estimate of drug-likeness (QED) is 0.876. The summed E-state index contributed by atoms with van der Waals surface area (Å²) in [6.45, 7) is 3.92. The third kappa shape index (κ3) is 3.61. The van der Waals surface area contributed by atoms with Crippen LogP contribution in [0, 0.1) is 0 Å². The van der Waals surface area contributed by atoms with Crippen molar-refractivity contribution in [2.24, 2.45) is 0 Å². The number of nitrogens with zero attached hydrogens (tertiary/aromatic N) is 4. The first-order valence-corrected chi connectivity index (χ1v) is 9.57. The molecule has 2 aromatic rings. The fourth-order valence-electron chi connectivity index (χ4n) is 2.51. The van der Waals surface area contributed by atoms with Crippen molar-refractivity contribution in [3.63, 3.8) is 0 Å². The summed E-state index contributed by atoms with van der Waals surface area (Å²) in [5, 5.41) is 15.0. The highest BCUT2D eigenvalue weighted by Crippen LogP contribution is 2.16. The van der Waals surface area contributed by atoms with Crippen LogP contribution in [0.4, 0.5) is 0 Å². The molecule has 3 rings (SSSR count). The monoisotopic (exact) mass is 349 g/mol. The van der Waals surface area contributed by atoms with Crippen molar-refractivity contribution in [2.75, 3.05) is 11.5 Å². The van der Waals surface area contributed by atoms with Crippen molar-refractivity contribution >= 4 is 15.7 Å². The Labute approximate surface area is 140 Å². The van der Waals surface area contributed by atoms with Crippen LogP contribution in [0.1, 0.15) is 36.7 Å². The topological polar surface area (TPSA) is 107 Å². The van der Waals surface area contributed by atoms with E-state index in [0.29, 0.717) is 17.8 Å². The Balaban J connectivity index is 1.68. The van der Waals surface area contributed by atoms with Crippen LogP contribution in [0.3, 0.4) is 0 Å². The zero-order valence-corrected chi connectivity index (χ0v) is 14.3. The Kier molecular flexibility index (Phi) is 4.35. The smallest absolute Gasteiger partial charge is 0.251 e. The average Bonchev–Trinajstić information content (AvgIpc) is 3.14. The highest BCUT2D eigenvalue weighted by atomic mass is 32.2. The van der Waals surface area contributed by atoms with Crippen LogP contribution in [0.25, 0.3) is 11.4 Å². The second-order valence-corrected chi connectivity index (χ2v) is 8.41. The molecule has 0 bridgehead atoms. The van der Waals surface area contributed by atoms with Gasteiger partial charge >= 0.3 is 0 Å². The highest BCUT2D eigenvalue weighted by molar-refractivity contribution is 7.91. The number of amides is 1. The standard InChI is InChI=1S/C15H19N5O3S/c1-10(2)20-18-14(17-19-20)11-3-5-12(6-4-11)15(21)16-13-7-8-24(22,23)9-13/h3-6,10,13H,7-9H2,1-2H3,(H,16,21). The fourth-order valence-corrected chi connectivity index (χ4v) is 4.18. The van der Waals surface area contributed by atoms with E-state index in [1.165, 1.54) is 4.80 Å². The molecule has 0 saturated carbocycles. The van der Waals surface area contributed by atoms with Crippen molar-refractivity contribution < 1.29 is 13.2 Å². The number of carbonyl (C=O) groups is 1. The van der Waals surface area contributed by atoms with Gasteiger partial charge in [-0.05, 0) is 37.6 Å². The molecular weight excluding hydrogens is 330 g/mol. The molecule has 2 heterocycles. The molecule has 128 valence electrons. The van der Waals surface area contributed by atoms with Gasteiger partial charge in [-0.3, -0.25) is 4.79 Å². The Morgan fingerprint density at radius 2 is 2.00 bits per heavy atom. The first-order chi connectivity index (χ1) is 11.3. The van der Waals surface area contributed by atoms with Crippen LogP contribution in [0.2, 0.25) is 0 Å². The zero-order valence-electron chi connectivity index (χ0n) is 13.5. The van der Waals surface area contributed by atoms with Crippen molar-refractivity contribution in [2.45, 2.75) is 32.4 Å². The lowest BCUT2D eigenvalue weighted by atomic mass is 10.1. The second kappa shape index (κ2) is 6.31. The summed E-state index contributed by atoms with van der Waals surface area (Å²) in [5.41, 5.74) is 1.24. The molecule has 1 fully saturated rings. The molecule has 9 heteroatoms. The first kappa shape index (κ1) is 16.6. The number of nitrogens with one attached hydrogen (secondary N) is 1. The molecule has 1 N–H and O–H groups in total. The summed E-state index contributed by atoms with van der Waals surface area (Å²) in [4.78, 5) is 13.7. The van der Waals surface area contributed by atoms with Crippen LogP contribution in [-0.2, 0) is 9.84 Å². The minimum absolute atomic E-state index is 0.0129. The minimum Gasteiger partial charge on any atom is -0.348 e. The van der Waals surface area contributed by atoms with E-state index in [0.717, 1.165) is 5.56 Å². The number of aromatic nitrogens is 4. The Bertz CT molecular complexity index is 842. The normalized spacial score (nSPS) is 19.5. The molecule has 1 aliphatic rings. The number of hydrogen-bond donors (Lipinski definition) is 1. The van der Waals surface area contributed by atoms with E-state index in [-0.39, 0.29) is 29.5 Å². The van der Waals surface area contributed by atoms with E-state index >= 15 is 0 Å². The molecule has 1 aliphatic heterocycles. The van der Waals surface area contributed by atoms with Crippen LogP contribution >= 0.6 is 0 Å². The summed E-state index contributed by atoms with van der Waals surface area (Å²) in [5.74, 6) is 0.368. The van der Waals surface area contributed by atoms with E-state index in [9.17, 15) is 13.2 Å². The van der Waals surface area contributed by atoms with Crippen molar-refractivity contribution in [3.8, 4) is 11.4 Å². The van der Waals surface area contributed by atoms with Gasteiger partial charge in [0.1, 0.15) is 0 Å². The third-order valence-electron chi connectivity index (χ3n) is 3.86. The highest BCUT2D eigenvalue weighted by Gasteiger charge is 2.29. The van der Waals surface area contributed by atoms with Crippen LogP contribution < -0.4 is 5.32 Å². The number of benzene rings is 1. The fraction of sp³-hybridized carbons (Fsp3) is 0.467. The van der Waals surface area contributed by atoms with E-state index in [2.05, 4.69) is 20.7 Å². The summed E-state index contributed by atoms with van der Waals surface area (Å²) in [6.07, 6.45) is 0.467. The predicted octanol–water partition coefficient (Wildman–Crippen LogP) is 0.838. The number of sulfone groups is 1. The number of rotatable bonds is 4. The molecule has 1 atom stereocenters. The molecule has 1 amide bonds. The molecule has 1 unspecified atom stereocenters. The predicted molar refractivity (Wildman–Crippen MR) is 88.2 cm³/mol. The Morgan fingerprint density at radius 3 is 2.54 bits per heavy atom. The molecule has 1 aromatic carbocycles. The van der Waals surface area contributed by atoms with Gasteiger partial charge in [0.15, 0.2) is 9.84 Å². The van der Waals surface area contributed by atoms with E-state index in [1.807, 2.05) is 13.8 Å². The average molecular weight is 349 g/mol. The maximum absolute atomic E-state index is 12.2. The minimum atomic E-state index is -3.01. The summed E-state index contributed by atoms with van der Waals surface area (Å²) < 4.78 is 22.9. The van der Waals surface area contributed by atoms with Crippen LogP contribution in [0.15, 0.2) is 24.3 Å². The van der Waals surface area contributed by atoms with Crippen molar-refractivity contribution in [1.82, 2.24) is 25.5 Å². The first-order valence-electron chi connectivity index (χ1n) is 7.75. The van der Waals surface area contributed by atoms with Gasteiger partial charge in [-0.1, -0.05) is 12.1 Å². The lowest BCUT2D eigenvalue weighted by Gasteiger charge is -2.10. The molecule has 0 aliphatic carbocycles. The molecule has 0 spiro atoms. The Morgan fingerprint density at radius 1 is 1.29 bits per heavy atom. The van der Waals surface area contributed by atoms with Gasteiger partial charge in [-0.25, -0.2) is 8.42 Å². The van der Waals surface area contributed by atoms with E-state index in [1.54, 1.807) is 24.3 Å². The lowest BCUT2D eigenvalue weighted by Crippen LogP contribution is -2.35. The second-order valence-electron chi connectivity index (χ2n) is 6.18. The van der Waals surface area contributed by atoms with Crippen molar-refractivity contribution in [3.05, 3.63) is 29.8 Å². The number of hydrogen-bond acceptors (Lipinski definition) is 6. The zero-order chi connectivity index (χ0) is 17.3. The summed E-state index contributed by atoms with van der Waals surface area (Å²) in [6, 6.07) is 6.66. The SMILES string of the molecule is CC(C)n1nnc(-c2ccc(C(=O)NC3CCS(=O)(=O)C3)cc2)n1. The van der Waals surface area contributed by atoms with Gasteiger partial charge in [0.05, 0.1) is 17.5 Å². The molecule has 1 aromatic heterocycles. The largest absolute Gasteiger partial charge is 0.348 e. The maximum Gasteiger partial charge on any atom is 0.251 e. The van der Waals surface area contributed by atoms with E-state index in [4.69, 9.17) is 0 Å². The molecular formula is C15H19N5O3S. The van der Waals surface area contributed by atoms with E-state index < -0.39 is 9.84 Å². The third-order valence-corrected chi connectivity index (χ3v) is 5.63. The van der Waals surface area contributed by atoms with Gasteiger partial charge in [0.2, 0.25) is 5.82 Å². The molecule has 24 heavy (non-hydrogen) atoms. The molecule has 0 radical (unpaired) electrons. The van der Waals surface area contributed by atoms with Crippen LogP contribution in [0.5, 0.6) is 0 Å². The summed E-state index contributed by atoms with van der Waals surface area (Å²) >= 11 is 0. The molecule has 1 saturated heterocycles. The number of carbonyl (C=O) groups excluding carboxylic acids is 1. The van der Waals surface area contributed by atoms with Crippen LogP contribution in [-0.4, -0.2) is 52.1 Å². The van der Waals surface area contributed by atoms with Gasteiger partial charge < -0.3 is 5.32 Å². The van der Waals surface area contributed by atoms with Gasteiger partial charge in [-0.15, -0.1) is 10.2 Å². The lowest BCUT2D eigenvalue weighted by molar-refractivity contribution is 0.0941. The van der Waals surface area contributed by atoms with Gasteiger partial charge in [0, 0.05) is 17.2 Å². The van der Waals surface area contributed by atoms with Gasteiger partial charge in [-0.2, -0.15) is 4.80 Å². The number of tetrazole rings is 1. The summed E-state index contributed by atoms with van der Waals surface area (Å²) in [7, 11) is -3.01. The van der Waals surface area contributed by atoms with Crippen molar-refractivity contribution in [1.29, 1.82) is 0 Å². The van der Waals surface area contributed by atoms with Gasteiger partial charge in [0.25, 0.3) is 5.91 Å².